The Balaban J connectivity index is 1.21. The van der Waals surface area contributed by atoms with E-state index >= 15 is 0 Å². The number of aromatic nitrogens is 1. The van der Waals surface area contributed by atoms with Crippen LogP contribution in [0.5, 0.6) is 0 Å². The third kappa shape index (κ3) is 11.8. The van der Waals surface area contributed by atoms with Crippen LogP contribution in [0.3, 0.4) is 0 Å². The highest BCUT2D eigenvalue weighted by Crippen LogP contribution is 2.47. The van der Waals surface area contributed by atoms with E-state index in [1.165, 1.54) is 17.1 Å². The van der Waals surface area contributed by atoms with Crippen LogP contribution in [0.2, 0.25) is 0 Å². The van der Waals surface area contributed by atoms with E-state index < -0.39 is 47.3 Å². The largest absolute Gasteiger partial charge is 0.457 e. The molecule has 13 heteroatoms. The molecule has 12 nitrogen and oxygen atoms in total. The predicted molar refractivity (Wildman–Crippen MR) is 223 cm³/mol. The number of carbonyl (C=O) groups excluding carboxylic acids is 5. The number of rotatable bonds is 15. The number of nitrogens with one attached hydrogen (secondary N) is 1. The monoisotopic (exact) mass is 821 g/mol. The number of aliphatic hydroxyl groups is 1. The highest BCUT2D eigenvalue weighted by molar-refractivity contribution is 7.18. The van der Waals surface area contributed by atoms with Crippen molar-refractivity contribution in [2.24, 2.45) is 17.3 Å². The zero-order valence-corrected chi connectivity index (χ0v) is 35.8. The molecule has 0 aliphatic carbocycles. The number of ether oxygens (including phenoxy) is 3. The molecule has 2 aromatic rings. The van der Waals surface area contributed by atoms with Crippen LogP contribution in [0.1, 0.15) is 134 Å². The molecule has 7 atom stereocenters. The van der Waals surface area contributed by atoms with Crippen molar-refractivity contribution >= 4 is 51.2 Å². The van der Waals surface area contributed by atoms with E-state index in [0.717, 1.165) is 85.0 Å². The number of imide groups is 1. The summed E-state index contributed by atoms with van der Waals surface area (Å²) in [6.45, 7) is 14.0. The summed E-state index contributed by atoms with van der Waals surface area (Å²) < 4.78 is 19.4. The Morgan fingerprint density at radius 1 is 1.05 bits per heavy atom. The summed E-state index contributed by atoms with van der Waals surface area (Å²) in [5, 5.41) is 15.3. The average molecular weight is 822 g/mol. The van der Waals surface area contributed by atoms with Gasteiger partial charge in [0.15, 0.2) is 0 Å². The number of hydrogen-bond acceptors (Lipinski definition) is 11. The van der Waals surface area contributed by atoms with Gasteiger partial charge in [-0.3, -0.25) is 24.1 Å². The number of ketones is 1. The maximum absolute atomic E-state index is 14.4. The molecule has 5 rings (SSSR count). The number of nitrogens with zero attached hydrogens (tertiary/aromatic N) is 2. The van der Waals surface area contributed by atoms with Crippen molar-refractivity contribution in [2.75, 3.05) is 13.1 Å². The van der Waals surface area contributed by atoms with Crippen molar-refractivity contribution in [3.05, 3.63) is 53.6 Å². The standard InChI is InChI=1S/C45H63N3O9S/c1-7-17-32-41(52)29(2)18-16-23-45(6)37(57-45)27-34(31-19-20-35-33(26-31)47-30(3)58-35)55-40(51)28-36(44(4,5)42(32)53)56-43(54)46-24-14-12-10-8-9-11-13-15-25-48-38(49)21-22-39(48)50/h7,19-22,26,29,32,34,36-37,41,52H,1,8-18,23-25,27-28H2,2-6H3,(H,46,54)/t29-,32+,34-,36-,37-,41-,45+/m0/s1. The van der Waals surface area contributed by atoms with Gasteiger partial charge >= 0.3 is 12.1 Å². The zero-order valence-electron chi connectivity index (χ0n) is 35.0. The van der Waals surface area contributed by atoms with Gasteiger partial charge in [-0.15, -0.1) is 17.9 Å². The van der Waals surface area contributed by atoms with Crippen LogP contribution >= 0.6 is 11.3 Å². The number of aliphatic hydroxyl groups excluding tert-OH is 1. The number of esters is 1. The first kappa shape index (κ1) is 45.1. The highest BCUT2D eigenvalue weighted by atomic mass is 32.1. The Labute approximate surface area is 347 Å². The normalized spacial score (nSPS) is 28.0. The summed E-state index contributed by atoms with van der Waals surface area (Å²) >= 11 is 1.60. The van der Waals surface area contributed by atoms with E-state index in [1.807, 2.05) is 32.0 Å². The van der Waals surface area contributed by atoms with Crippen LogP contribution in [0, 0.1) is 24.2 Å². The highest BCUT2D eigenvalue weighted by Gasteiger charge is 2.53. The van der Waals surface area contributed by atoms with E-state index in [1.54, 1.807) is 31.3 Å². The molecule has 0 unspecified atom stereocenters. The molecule has 2 N–H and O–H groups in total. The molecule has 0 saturated carbocycles. The number of cyclic esters (lactones) is 1. The van der Waals surface area contributed by atoms with Crippen molar-refractivity contribution in [1.29, 1.82) is 0 Å². The van der Waals surface area contributed by atoms with Gasteiger partial charge < -0.3 is 24.6 Å². The number of alkyl carbamates (subject to hydrolysis) is 1. The van der Waals surface area contributed by atoms with Crippen LogP contribution in [0.25, 0.3) is 10.2 Å². The number of epoxide rings is 1. The number of carbonyl (C=O) groups is 5. The van der Waals surface area contributed by atoms with Gasteiger partial charge in [0, 0.05) is 37.6 Å². The molecule has 1 aromatic carbocycles. The van der Waals surface area contributed by atoms with Gasteiger partial charge in [-0.2, -0.15) is 0 Å². The second kappa shape index (κ2) is 20.4. The average Bonchev–Trinajstić information content (AvgIpc) is 3.46. The summed E-state index contributed by atoms with van der Waals surface area (Å²) in [6.07, 6.45) is 10.6. The molecule has 1 aromatic heterocycles. The Kier molecular flexibility index (Phi) is 15.8. The fourth-order valence-corrected chi connectivity index (χ4v) is 9.15. The molecule has 2 saturated heterocycles. The maximum atomic E-state index is 14.4. The Morgan fingerprint density at radius 2 is 1.72 bits per heavy atom. The molecule has 3 aliphatic rings. The maximum Gasteiger partial charge on any atom is 0.407 e. The van der Waals surface area contributed by atoms with E-state index in [0.29, 0.717) is 25.9 Å². The number of aryl methyl sites for hydroxylation is 1. The topological polar surface area (TPSA) is 165 Å². The molecule has 58 heavy (non-hydrogen) atoms. The van der Waals surface area contributed by atoms with E-state index in [9.17, 15) is 29.1 Å². The van der Waals surface area contributed by atoms with Crippen LogP contribution < -0.4 is 5.32 Å². The zero-order chi connectivity index (χ0) is 42.0. The van der Waals surface area contributed by atoms with E-state index in [-0.39, 0.29) is 42.5 Å². The quantitative estimate of drug-likeness (QED) is 0.0588. The Bertz CT molecular complexity index is 1800. The van der Waals surface area contributed by atoms with Gasteiger partial charge in [0.05, 0.1) is 44.9 Å². The van der Waals surface area contributed by atoms with Gasteiger partial charge in [0.2, 0.25) is 0 Å². The van der Waals surface area contributed by atoms with Crippen LogP contribution in [-0.4, -0.2) is 81.7 Å². The lowest BCUT2D eigenvalue weighted by atomic mass is 9.71. The summed E-state index contributed by atoms with van der Waals surface area (Å²) in [7, 11) is 0. The van der Waals surface area contributed by atoms with Crippen molar-refractivity contribution in [3.8, 4) is 0 Å². The lowest BCUT2D eigenvalue weighted by molar-refractivity contribution is -0.156. The molecule has 3 amide bonds. The lowest BCUT2D eigenvalue weighted by Crippen LogP contribution is -2.49. The van der Waals surface area contributed by atoms with Crippen molar-refractivity contribution in [1.82, 2.24) is 15.2 Å². The van der Waals surface area contributed by atoms with Gasteiger partial charge in [-0.05, 0) is 83.4 Å². The third-order valence-electron chi connectivity index (χ3n) is 12.2. The molecule has 0 radical (unpaired) electrons. The first-order valence-corrected chi connectivity index (χ1v) is 22.0. The number of hydrogen-bond donors (Lipinski definition) is 2. The van der Waals surface area contributed by atoms with Crippen LogP contribution in [0.15, 0.2) is 43.0 Å². The van der Waals surface area contributed by atoms with Crippen molar-refractivity contribution in [3.63, 3.8) is 0 Å². The number of allylic oxidation sites excluding steroid dienone is 1. The molecule has 0 spiro atoms. The molecule has 318 valence electrons. The van der Waals surface area contributed by atoms with Gasteiger partial charge in [-0.1, -0.05) is 64.0 Å². The Morgan fingerprint density at radius 3 is 2.41 bits per heavy atom. The molecular weight excluding hydrogens is 759 g/mol. The van der Waals surface area contributed by atoms with Crippen molar-refractivity contribution in [2.45, 2.75) is 155 Å². The minimum absolute atomic E-state index is 0.139. The summed E-state index contributed by atoms with van der Waals surface area (Å²) in [5.41, 5.74) is -0.130. The molecule has 2 fully saturated rings. The third-order valence-corrected chi connectivity index (χ3v) is 13.2. The first-order valence-electron chi connectivity index (χ1n) is 21.2. The second-order valence-electron chi connectivity index (χ2n) is 17.2. The number of Topliss-reactive ketones (excluding diaryl/α,β-unsaturated/α-hetero) is 1. The van der Waals surface area contributed by atoms with E-state index in [4.69, 9.17) is 14.2 Å². The Hall–Kier alpha value is -3.94. The fourth-order valence-electron chi connectivity index (χ4n) is 8.35. The second-order valence-corrected chi connectivity index (χ2v) is 18.4. The van der Waals surface area contributed by atoms with Gasteiger partial charge in [0.25, 0.3) is 11.8 Å². The van der Waals surface area contributed by atoms with Crippen LogP contribution in [0.4, 0.5) is 4.79 Å². The number of amides is 3. The number of thiazole rings is 1. The summed E-state index contributed by atoms with van der Waals surface area (Å²) in [5.74, 6) is -2.40. The predicted octanol–water partition coefficient (Wildman–Crippen LogP) is 8.24. The number of fused-ring (bicyclic) bond motifs is 2. The fraction of sp³-hybridized carbons (Fsp3) is 0.644. The van der Waals surface area contributed by atoms with Gasteiger partial charge in [-0.25, -0.2) is 9.78 Å². The van der Waals surface area contributed by atoms with Crippen LogP contribution in [-0.2, 0) is 33.4 Å². The number of unbranched alkanes of at least 4 members (excludes halogenated alkanes) is 7. The smallest absolute Gasteiger partial charge is 0.407 e. The van der Waals surface area contributed by atoms with Crippen molar-refractivity contribution < 1.29 is 43.3 Å². The summed E-state index contributed by atoms with van der Waals surface area (Å²) in [6, 6.07) is 5.90. The van der Waals surface area contributed by atoms with Gasteiger partial charge in [0.1, 0.15) is 18.0 Å². The van der Waals surface area contributed by atoms with E-state index in [2.05, 4.69) is 23.8 Å². The molecular formula is C45H63N3O9S. The molecule has 3 aliphatic heterocycles. The number of benzene rings is 1. The summed E-state index contributed by atoms with van der Waals surface area (Å²) in [4.78, 5) is 71.0. The SMILES string of the molecule is C=CC[C@H]1C(=O)C(C)(C)[C@@H](OC(=O)NCCCCCCCCCCN2C(=O)C=CC2=O)CC(=O)O[C@H](c2ccc3sc(C)nc3c2)C[C@@H]2O[C@]2(C)CCC[C@H](C)[C@@H]1O. The molecule has 4 heterocycles. The first-order chi connectivity index (χ1) is 27.6. The minimum Gasteiger partial charge on any atom is -0.457 e. The molecule has 0 bridgehead atoms. The lowest BCUT2D eigenvalue weighted by Gasteiger charge is -2.37. The minimum atomic E-state index is -1.36.